The van der Waals surface area contributed by atoms with Crippen molar-refractivity contribution in [2.75, 3.05) is 7.11 Å². The van der Waals surface area contributed by atoms with Crippen molar-refractivity contribution in [3.05, 3.63) is 81.4 Å². The second-order valence-electron chi connectivity index (χ2n) is 5.09. The Morgan fingerprint density at radius 1 is 1.12 bits per heavy atom. The highest BCUT2D eigenvalue weighted by molar-refractivity contribution is 5.91. The zero-order chi connectivity index (χ0) is 18.2. The third kappa shape index (κ3) is 5.28. The maximum atomic E-state index is 11.8. The number of nitro benzene ring substituents is 1. The number of benzene rings is 2. The lowest BCUT2D eigenvalue weighted by atomic mass is 10.1. The summed E-state index contributed by atoms with van der Waals surface area (Å²) >= 11 is 0. The quantitative estimate of drug-likeness (QED) is 0.377. The van der Waals surface area contributed by atoms with Crippen LogP contribution >= 0.6 is 0 Å². The van der Waals surface area contributed by atoms with Crippen LogP contribution in [0.15, 0.2) is 54.6 Å². The number of rotatable bonds is 6. The van der Waals surface area contributed by atoms with Gasteiger partial charge in [-0.2, -0.15) is 0 Å². The minimum atomic E-state index is -0.480. The van der Waals surface area contributed by atoms with Crippen LogP contribution in [0.25, 0.3) is 6.08 Å². The van der Waals surface area contributed by atoms with Crippen LogP contribution in [0, 0.1) is 10.1 Å². The summed E-state index contributed by atoms with van der Waals surface area (Å²) in [6.07, 6.45) is 2.92. The van der Waals surface area contributed by atoms with Crippen LogP contribution in [-0.4, -0.2) is 23.9 Å². The highest BCUT2D eigenvalue weighted by atomic mass is 16.6. The van der Waals surface area contributed by atoms with E-state index in [1.54, 1.807) is 42.5 Å². The Bertz CT molecular complexity index is 795. The Morgan fingerprint density at radius 3 is 2.32 bits per heavy atom. The van der Waals surface area contributed by atoms with Gasteiger partial charge in [0.15, 0.2) is 0 Å². The number of ether oxygens (including phenoxy) is 1. The van der Waals surface area contributed by atoms with E-state index in [1.165, 1.54) is 25.3 Å². The highest BCUT2D eigenvalue weighted by Crippen LogP contribution is 2.12. The molecular weight excluding hydrogens is 324 g/mol. The number of methoxy groups -OCH3 is 1. The molecule has 0 aromatic heterocycles. The van der Waals surface area contributed by atoms with Gasteiger partial charge in [-0.15, -0.1) is 0 Å². The number of hydrogen-bond donors (Lipinski definition) is 1. The Labute approximate surface area is 144 Å². The molecule has 0 bridgehead atoms. The minimum absolute atomic E-state index is 0.00277. The fraction of sp³-hybridized carbons (Fsp3) is 0.111. The smallest absolute Gasteiger partial charge is 0.337 e. The summed E-state index contributed by atoms with van der Waals surface area (Å²) in [7, 11) is 1.31. The number of hydrogen-bond acceptors (Lipinski definition) is 5. The van der Waals surface area contributed by atoms with E-state index in [1.807, 2.05) is 0 Å². The van der Waals surface area contributed by atoms with Crippen molar-refractivity contribution in [1.82, 2.24) is 5.32 Å². The van der Waals surface area contributed by atoms with Crippen LogP contribution in [0.2, 0.25) is 0 Å². The molecule has 0 unspecified atom stereocenters. The molecule has 2 rings (SSSR count). The molecule has 0 saturated carbocycles. The van der Waals surface area contributed by atoms with Crippen molar-refractivity contribution in [3.8, 4) is 0 Å². The molecule has 0 saturated heterocycles. The van der Waals surface area contributed by atoms with Crippen molar-refractivity contribution >= 4 is 23.6 Å². The summed E-state index contributed by atoms with van der Waals surface area (Å²) in [6, 6.07) is 12.6. The Kier molecular flexibility index (Phi) is 6.00. The monoisotopic (exact) mass is 340 g/mol. The van der Waals surface area contributed by atoms with Crippen LogP contribution in [-0.2, 0) is 16.1 Å². The summed E-state index contributed by atoms with van der Waals surface area (Å²) in [6.45, 7) is 0.310. The normalized spacial score (nSPS) is 10.4. The molecule has 2 aromatic carbocycles. The van der Waals surface area contributed by atoms with Gasteiger partial charge in [0, 0.05) is 24.8 Å². The maximum absolute atomic E-state index is 11.8. The van der Waals surface area contributed by atoms with Crippen molar-refractivity contribution < 1.29 is 19.2 Å². The van der Waals surface area contributed by atoms with E-state index in [0.717, 1.165) is 5.56 Å². The minimum Gasteiger partial charge on any atom is -0.465 e. The molecule has 0 fully saturated rings. The molecule has 0 heterocycles. The third-order valence-corrected chi connectivity index (χ3v) is 3.37. The van der Waals surface area contributed by atoms with Gasteiger partial charge < -0.3 is 10.1 Å². The first-order chi connectivity index (χ1) is 12.0. The SMILES string of the molecule is COC(=O)c1ccc(CNC(=O)/C=C/c2ccc([N+](=O)[O-])cc2)cc1. The molecule has 7 heteroatoms. The van der Waals surface area contributed by atoms with Crippen molar-refractivity contribution in [2.45, 2.75) is 6.54 Å². The Morgan fingerprint density at radius 2 is 1.76 bits per heavy atom. The molecule has 0 aliphatic carbocycles. The van der Waals surface area contributed by atoms with Crippen LogP contribution < -0.4 is 5.32 Å². The van der Waals surface area contributed by atoms with Crippen LogP contribution in [0.3, 0.4) is 0 Å². The summed E-state index contributed by atoms with van der Waals surface area (Å²) in [5, 5.41) is 13.3. The number of carbonyl (C=O) groups excluding carboxylic acids is 2. The lowest BCUT2D eigenvalue weighted by Crippen LogP contribution is -2.20. The molecule has 1 amide bonds. The van der Waals surface area contributed by atoms with E-state index < -0.39 is 10.9 Å². The van der Waals surface area contributed by atoms with Gasteiger partial charge in [0.1, 0.15) is 0 Å². The fourth-order valence-electron chi connectivity index (χ4n) is 2.00. The topological polar surface area (TPSA) is 98.5 Å². The molecule has 25 heavy (non-hydrogen) atoms. The van der Waals surface area contributed by atoms with E-state index in [2.05, 4.69) is 10.1 Å². The molecule has 0 spiro atoms. The number of nitrogens with zero attached hydrogens (tertiary/aromatic N) is 1. The first kappa shape index (κ1) is 17.9. The molecule has 0 atom stereocenters. The number of non-ortho nitro benzene ring substituents is 1. The van der Waals surface area contributed by atoms with Gasteiger partial charge in [0.2, 0.25) is 5.91 Å². The lowest BCUT2D eigenvalue weighted by molar-refractivity contribution is -0.384. The largest absolute Gasteiger partial charge is 0.465 e. The van der Waals surface area contributed by atoms with Crippen molar-refractivity contribution in [2.24, 2.45) is 0 Å². The van der Waals surface area contributed by atoms with Crippen molar-refractivity contribution in [3.63, 3.8) is 0 Å². The van der Waals surface area contributed by atoms with Gasteiger partial charge in [-0.05, 0) is 41.5 Å². The summed E-state index contributed by atoms with van der Waals surface area (Å²) in [5.41, 5.74) is 1.96. The summed E-state index contributed by atoms with van der Waals surface area (Å²) in [5.74, 6) is -0.711. The van der Waals surface area contributed by atoms with E-state index in [4.69, 9.17) is 0 Å². The molecule has 7 nitrogen and oxygen atoms in total. The van der Waals surface area contributed by atoms with Gasteiger partial charge >= 0.3 is 5.97 Å². The average molecular weight is 340 g/mol. The Hall–Kier alpha value is -3.48. The third-order valence-electron chi connectivity index (χ3n) is 3.37. The maximum Gasteiger partial charge on any atom is 0.337 e. The number of amides is 1. The highest BCUT2D eigenvalue weighted by Gasteiger charge is 2.05. The molecular formula is C18H16N2O5. The van der Waals surface area contributed by atoms with Crippen LogP contribution in [0.4, 0.5) is 5.69 Å². The molecule has 0 aliphatic heterocycles. The molecule has 1 N–H and O–H groups in total. The van der Waals surface area contributed by atoms with E-state index >= 15 is 0 Å². The zero-order valence-electron chi connectivity index (χ0n) is 13.5. The lowest BCUT2D eigenvalue weighted by Gasteiger charge is -2.04. The van der Waals surface area contributed by atoms with Gasteiger partial charge in [0.25, 0.3) is 5.69 Å². The first-order valence-electron chi connectivity index (χ1n) is 7.37. The van der Waals surface area contributed by atoms with Gasteiger partial charge in [-0.1, -0.05) is 12.1 Å². The summed E-state index contributed by atoms with van der Waals surface area (Å²) in [4.78, 5) is 33.2. The molecule has 0 radical (unpaired) electrons. The number of esters is 1. The van der Waals surface area contributed by atoms with E-state index in [-0.39, 0.29) is 11.6 Å². The second kappa shape index (κ2) is 8.39. The van der Waals surface area contributed by atoms with E-state index in [9.17, 15) is 19.7 Å². The predicted molar refractivity (Wildman–Crippen MR) is 91.8 cm³/mol. The van der Waals surface area contributed by atoms with Gasteiger partial charge in [-0.25, -0.2) is 4.79 Å². The predicted octanol–water partition coefficient (Wildman–Crippen LogP) is 2.71. The van der Waals surface area contributed by atoms with Gasteiger partial charge in [-0.3, -0.25) is 14.9 Å². The molecule has 2 aromatic rings. The van der Waals surface area contributed by atoms with E-state index in [0.29, 0.717) is 17.7 Å². The molecule has 0 aliphatic rings. The van der Waals surface area contributed by atoms with Crippen LogP contribution in [0.5, 0.6) is 0 Å². The van der Waals surface area contributed by atoms with Crippen molar-refractivity contribution in [1.29, 1.82) is 0 Å². The summed E-state index contributed by atoms with van der Waals surface area (Å²) < 4.78 is 4.61. The average Bonchev–Trinajstić information content (AvgIpc) is 2.64. The van der Waals surface area contributed by atoms with Gasteiger partial charge in [0.05, 0.1) is 17.6 Å². The van der Waals surface area contributed by atoms with Crippen LogP contribution in [0.1, 0.15) is 21.5 Å². The Balaban J connectivity index is 1.87. The second-order valence-corrected chi connectivity index (χ2v) is 5.09. The zero-order valence-corrected chi connectivity index (χ0v) is 13.5. The number of nitro groups is 1. The molecule has 128 valence electrons. The number of nitrogens with one attached hydrogen (secondary N) is 1. The standard InChI is InChI=1S/C18H16N2O5/c1-25-18(22)15-7-2-14(3-8-15)12-19-17(21)11-6-13-4-9-16(10-5-13)20(23)24/h2-11H,12H2,1H3,(H,19,21)/b11-6+. The number of carbonyl (C=O) groups is 2. The first-order valence-corrected chi connectivity index (χ1v) is 7.37. The fourth-order valence-corrected chi connectivity index (χ4v) is 2.00.